The normalized spacial score (nSPS) is 17.9. The van der Waals surface area contributed by atoms with E-state index in [-0.39, 0.29) is 18.6 Å². The second-order valence-electron chi connectivity index (χ2n) is 6.07. The Hall–Kier alpha value is -1.64. The molecule has 1 aromatic rings. The molecular formula is C16H25N3O4S. The Morgan fingerprint density at radius 3 is 2.50 bits per heavy atom. The van der Waals surface area contributed by atoms with Crippen LogP contribution in [0.15, 0.2) is 24.3 Å². The summed E-state index contributed by atoms with van der Waals surface area (Å²) in [5.41, 5.74) is 1.48. The minimum atomic E-state index is -3.76. The van der Waals surface area contributed by atoms with Gasteiger partial charge in [-0.05, 0) is 31.9 Å². The van der Waals surface area contributed by atoms with Gasteiger partial charge in [-0.2, -0.15) is 12.7 Å². The highest BCUT2D eigenvalue weighted by Crippen LogP contribution is 2.20. The second-order valence-corrected chi connectivity index (χ2v) is 8.14. The van der Waals surface area contributed by atoms with Crippen LogP contribution >= 0.6 is 0 Å². The van der Waals surface area contributed by atoms with Gasteiger partial charge in [-0.3, -0.25) is 4.79 Å². The molecule has 1 heterocycles. The van der Waals surface area contributed by atoms with Crippen molar-refractivity contribution in [3.63, 3.8) is 0 Å². The first-order valence-corrected chi connectivity index (χ1v) is 9.35. The van der Waals surface area contributed by atoms with Gasteiger partial charge in [0.15, 0.2) is 0 Å². The van der Waals surface area contributed by atoms with E-state index in [4.69, 9.17) is 4.74 Å². The molecule has 0 bridgehead atoms. The lowest BCUT2D eigenvalue weighted by atomic mass is 10.2. The molecule has 1 fully saturated rings. The fourth-order valence-corrected chi connectivity index (χ4v) is 3.50. The first-order chi connectivity index (χ1) is 11.3. The number of aryl methyl sites for hydroxylation is 1. The molecule has 1 N–H and O–H groups in total. The van der Waals surface area contributed by atoms with E-state index >= 15 is 0 Å². The first-order valence-electron chi connectivity index (χ1n) is 7.96. The number of benzene rings is 1. The molecule has 1 aliphatic heterocycles. The Labute approximate surface area is 143 Å². The lowest BCUT2D eigenvalue weighted by Crippen LogP contribution is -2.46. The number of amides is 1. The quantitative estimate of drug-likeness (QED) is 0.788. The third-order valence-electron chi connectivity index (χ3n) is 3.90. The van der Waals surface area contributed by atoms with Crippen molar-refractivity contribution in [2.24, 2.45) is 0 Å². The summed E-state index contributed by atoms with van der Waals surface area (Å²) >= 11 is 0. The molecule has 2 rings (SSSR count). The molecule has 0 radical (unpaired) electrons. The van der Waals surface area contributed by atoms with Crippen LogP contribution in [0.4, 0.5) is 5.69 Å². The van der Waals surface area contributed by atoms with Crippen molar-refractivity contribution in [3.8, 4) is 0 Å². The van der Waals surface area contributed by atoms with Crippen molar-refractivity contribution in [1.29, 1.82) is 0 Å². The molecule has 1 saturated heterocycles. The molecular weight excluding hydrogens is 330 g/mol. The Morgan fingerprint density at radius 1 is 1.29 bits per heavy atom. The summed E-state index contributed by atoms with van der Waals surface area (Å²) in [6, 6.07) is 7.03. The molecule has 1 atom stereocenters. The van der Waals surface area contributed by atoms with Crippen molar-refractivity contribution < 1.29 is 17.9 Å². The highest BCUT2D eigenvalue weighted by Gasteiger charge is 2.27. The number of carbonyl (C=O) groups is 1. The van der Waals surface area contributed by atoms with Gasteiger partial charge < -0.3 is 10.1 Å². The van der Waals surface area contributed by atoms with E-state index in [0.29, 0.717) is 18.8 Å². The van der Waals surface area contributed by atoms with Gasteiger partial charge in [0.2, 0.25) is 5.91 Å². The predicted molar refractivity (Wildman–Crippen MR) is 93.1 cm³/mol. The second kappa shape index (κ2) is 7.96. The molecule has 0 saturated carbocycles. The number of hydrogen-bond donors (Lipinski definition) is 1. The number of anilines is 1. The van der Waals surface area contributed by atoms with Gasteiger partial charge in [0.25, 0.3) is 0 Å². The van der Waals surface area contributed by atoms with Crippen LogP contribution in [0.2, 0.25) is 0 Å². The summed E-state index contributed by atoms with van der Waals surface area (Å²) in [5.74, 6) is -0.350. The Bertz CT molecular complexity index is 652. The van der Waals surface area contributed by atoms with Crippen molar-refractivity contribution in [2.45, 2.75) is 25.9 Å². The fourth-order valence-electron chi connectivity index (χ4n) is 2.43. The molecule has 0 aromatic heterocycles. The predicted octanol–water partition coefficient (Wildman–Crippen LogP) is 0.903. The summed E-state index contributed by atoms with van der Waals surface area (Å²) in [6.45, 7) is 2.77. The zero-order valence-corrected chi connectivity index (χ0v) is 15.2. The van der Waals surface area contributed by atoms with Crippen LogP contribution in [-0.2, 0) is 19.7 Å². The van der Waals surface area contributed by atoms with E-state index in [1.165, 1.54) is 14.1 Å². The van der Waals surface area contributed by atoms with Crippen LogP contribution in [0.1, 0.15) is 18.4 Å². The van der Waals surface area contributed by atoms with Crippen LogP contribution in [0.3, 0.4) is 0 Å². The van der Waals surface area contributed by atoms with Crippen molar-refractivity contribution in [3.05, 3.63) is 29.8 Å². The van der Waals surface area contributed by atoms with Gasteiger partial charge in [0.1, 0.15) is 6.54 Å². The van der Waals surface area contributed by atoms with E-state index in [2.05, 4.69) is 5.32 Å². The average molecular weight is 355 g/mol. The number of nitrogens with one attached hydrogen (secondary N) is 1. The van der Waals surface area contributed by atoms with Gasteiger partial charge in [0, 0.05) is 27.2 Å². The summed E-state index contributed by atoms with van der Waals surface area (Å²) in [5, 5.41) is 2.76. The van der Waals surface area contributed by atoms with Gasteiger partial charge in [0.05, 0.1) is 11.8 Å². The van der Waals surface area contributed by atoms with Crippen LogP contribution in [0.5, 0.6) is 0 Å². The van der Waals surface area contributed by atoms with Gasteiger partial charge in [-0.25, -0.2) is 4.31 Å². The lowest BCUT2D eigenvalue weighted by Gasteiger charge is -2.27. The van der Waals surface area contributed by atoms with E-state index in [0.717, 1.165) is 27.0 Å². The molecule has 8 heteroatoms. The van der Waals surface area contributed by atoms with Crippen LogP contribution < -0.4 is 9.62 Å². The molecule has 1 unspecified atom stereocenters. The largest absolute Gasteiger partial charge is 0.376 e. The summed E-state index contributed by atoms with van der Waals surface area (Å²) in [6.07, 6.45) is 1.93. The number of ether oxygens (including phenoxy) is 1. The van der Waals surface area contributed by atoms with Crippen molar-refractivity contribution in [2.75, 3.05) is 38.1 Å². The van der Waals surface area contributed by atoms with Crippen LogP contribution in [0.25, 0.3) is 0 Å². The van der Waals surface area contributed by atoms with E-state index in [9.17, 15) is 13.2 Å². The molecule has 0 aliphatic carbocycles. The van der Waals surface area contributed by atoms with Gasteiger partial charge in [-0.1, -0.05) is 17.7 Å². The highest BCUT2D eigenvalue weighted by atomic mass is 32.2. The minimum absolute atomic E-state index is 0.0206. The smallest absolute Gasteiger partial charge is 0.304 e. The third-order valence-corrected chi connectivity index (χ3v) is 5.72. The Kier molecular flexibility index (Phi) is 6.20. The van der Waals surface area contributed by atoms with E-state index in [1.807, 2.05) is 19.1 Å². The average Bonchev–Trinajstić information content (AvgIpc) is 3.05. The molecule has 134 valence electrons. The maximum atomic E-state index is 12.6. The number of rotatable bonds is 7. The maximum absolute atomic E-state index is 12.6. The highest BCUT2D eigenvalue weighted by molar-refractivity contribution is 7.90. The van der Waals surface area contributed by atoms with E-state index in [1.54, 1.807) is 12.1 Å². The Balaban J connectivity index is 2.10. The standard InChI is InChI=1S/C16H25N3O4S/c1-13-6-8-14(9-7-13)19(24(21,22)18(2)3)12-16(20)17-11-15-5-4-10-23-15/h6-9,15H,4-5,10-12H2,1-3H3,(H,17,20). The van der Waals surface area contributed by atoms with Gasteiger partial charge >= 0.3 is 10.2 Å². The molecule has 7 nitrogen and oxygen atoms in total. The summed E-state index contributed by atoms with van der Waals surface area (Å²) < 4.78 is 32.8. The van der Waals surface area contributed by atoms with Crippen LogP contribution in [-0.4, -0.2) is 58.5 Å². The number of hydrogen-bond acceptors (Lipinski definition) is 4. The topological polar surface area (TPSA) is 79.0 Å². The van der Waals surface area contributed by atoms with E-state index < -0.39 is 10.2 Å². The molecule has 24 heavy (non-hydrogen) atoms. The molecule has 0 spiro atoms. The molecule has 1 amide bonds. The van der Waals surface area contributed by atoms with Crippen molar-refractivity contribution >= 4 is 21.8 Å². The van der Waals surface area contributed by atoms with Crippen molar-refractivity contribution in [1.82, 2.24) is 9.62 Å². The number of carbonyl (C=O) groups excluding carboxylic acids is 1. The fraction of sp³-hybridized carbons (Fsp3) is 0.562. The molecule has 1 aromatic carbocycles. The van der Waals surface area contributed by atoms with Gasteiger partial charge in [-0.15, -0.1) is 0 Å². The monoisotopic (exact) mass is 355 g/mol. The lowest BCUT2D eigenvalue weighted by molar-refractivity contribution is -0.120. The minimum Gasteiger partial charge on any atom is -0.376 e. The summed E-state index contributed by atoms with van der Waals surface area (Å²) in [4.78, 5) is 12.2. The molecule has 1 aliphatic rings. The maximum Gasteiger partial charge on any atom is 0.304 e. The summed E-state index contributed by atoms with van der Waals surface area (Å²) in [7, 11) is -0.872. The zero-order chi connectivity index (χ0) is 17.7. The Morgan fingerprint density at radius 2 is 1.96 bits per heavy atom. The third kappa shape index (κ3) is 4.68. The first kappa shape index (κ1) is 18.7. The SMILES string of the molecule is Cc1ccc(N(CC(=O)NCC2CCCO2)S(=O)(=O)N(C)C)cc1. The van der Waals surface area contributed by atoms with Crippen LogP contribution in [0, 0.1) is 6.92 Å². The number of nitrogens with zero attached hydrogens (tertiary/aromatic N) is 2. The zero-order valence-electron chi connectivity index (χ0n) is 14.4.